The normalized spacial score (nSPS) is 20.1. The quantitative estimate of drug-likeness (QED) is 0.419. The number of nitrogens with one attached hydrogen (secondary N) is 2. The van der Waals surface area contributed by atoms with Crippen molar-refractivity contribution >= 4 is 16.8 Å². The van der Waals surface area contributed by atoms with Gasteiger partial charge in [0.05, 0.1) is 12.5 Å². The number of likely N-dealkylation sites (tertiary alicyclic amines) is 1. The van der Waals surface area contributed by atoms with Crippen molar-refractivity contribution in [3.8, 4) is 5.75 Å². The molecule has 6 heteroatoms. The molecule has 0 bridgehead atoms. The molecule has 2 aliphatic rings. The lowest BCUT2D eigenvalue weighted by molar-refractivity contribution is -0.127. The number of benzene rings is 2. The molecule has 36 heavy (non-hydrogen) atoms. The van der Waals surface area contributed by atoms with E-state index in [-0.39, 0.29) is 11.8 Å². The highest BCUT2D eigenvalue weighted by Gasteiger charge is 2.32. The summed E-state index contributed by atoms with van der Waals surface area (Å²) in [6.07, 6.45) is 7.54. The van der Waals surface area contributed by atoms with Crippen molar-refractivity contribution in [1.29, 1.82) is 0 Å². The molecule has 1 saturated heterocycles. The van der Waals surface area contributed by atoms with Gasteiger partial charge in [-0.25, -0.2) is 0 Å². The highest BCUT2D eigenvalue weighted by atomic mass is 16.5. The first-order valence-electron chi connectivity index (χ1n) is 13.5. The van der Waals surface area contributed by atoms with Crippen LogP contribution in [0.25, 0.3) is 10.9 Å². The Morgan fingerprint density at radius 3 is 2.89 bits per heavy atom. The summed E-state index contributed by atoms with van der Waals surface area (Å²) in [5, 5.41) is 4.46. The Kier molecular flexibility index (Phi) is 7.93. The molecule has 1 fully saturated rings. The predicted octanol–water partition coefficient (Wildman–Crippen LogP) is 4.24. The second-order valence-corrected chi connectivity index (χ2v) is 10.9. The number of hydrogen-bond donors (Lipinski definition) is 2. The third kappa shape index (κ3) is 6.11. The minimum atomic E-state index is -0.0167. The van der Waals surface area contributed by atoms with E-state index in [2.05, 4.69) is 82.9 Å². The predicted molar refractivity (Wildman–Crippen MR) is 145 cm³/mol. The lowest BCUT2D eigenvalue weighted by Gasteiger charge is -2.37. The van der Waals surface area contributed by atoms with Gasteiger partial charge < -0.3 is 19.9 Å². The van der Waals surface area contributed by atoms with E-state index in [4.69, 9.17) is 4.74 Å². The molecule has 2 N–H and O–H groups in total. The van der Waals surface area contributed by atoms with E-state index in [0.29, 0.717) is 12.5 Å². The number of carbonyl (C=O) groups excluding carboxylic acids is 1. The van der Waals surface area contributed by atoms with Gasteiger partial charge in [0.25, 0.3) is 0 Å². The van der Waals surface area contributed by atoms with Crippen molar-refractivity contribution < 1.29 is 9.53 Å². The van der Waals surface area contributed by atoms with Crippen molar-refractivity contribution in [1.82, 2.24) is 20.1 Å². The number of nitrogens with zero attached hydrogens (tertiary/aromatic N) is 2. The van der Waals surface area contributed by atoms with Gasteiger partial charge in [0.1, 0.15) is 5.75 Å². The summed E-state index contributed by atoms with van der Waals surface area (Å²) >= 11 is 0. The number of carbonyl (C=O) groups is 1. The Morgan fingerprint density at radius 2 is 2.00 bits per heavy atom. The summed E-state index contributed by atoms with van der Waals surface area (Å²) in [7, 11) is 4.13. The minimum Gasteiger partial charge on any atom is -0.493 e. The number of aromatic nitrogens is 1. The number of aromatic amines is 1. The fraction of sp³-hybridized carbons (Fsp3) is 0.500. The van der Waals surface area contributed by atoms with Crippen molar-refractivity contribution in [2.45, 2.75) is 38.6 Å². The first-order valence-corrected chi connectivity index (χ1v) is 13.5. The van der Waals surface area contributed by atoms with Gasteiger partial charge in [-0.1, -0.05) is 24.3 Å². The molecule has 0 spiro atoms. The van der Waals surface area contributed by atoms with Crippen LogP contribution in [0.5, 0.6) is 5.75 Å². The average molecular weight is 489 g/mol. The molecule has 192 valence electrons. The van der Waals surface area contributed by atoms with E-state index < -0.39 is 0 Å². The Hall–Kier alpha value is -2.83. The maximum absolute atomic E-state index is 13.2. The number of aryl methyl sites for hydroxylation is 2. The van der Waals surface area contributed by atoms with Gasteiger partial charge in [-0.15, -0.1) is 0 Å². The molecule has 1 aliphatic carbocycles. The molecule has 1 amide bonds. The summed E-state index contributed by atoms with van der Waals surface area (Å²) in [6, 6.07) is 15.0. The van der Waals surface area contributed by atoms with Crippen LogP contribution in [0.2, 0.25) is 0 Å². The van der Waals surface area contributed by atoms with Gasteiger partial charge in [0.2, 0.25) is 5.91 Å². The van der Waals surface area contributed by atoms with E-state index >= 15 is 0 Å². The molecule has 0 unspecified atom stereocenters. The van der Waals surface area contributed by atoms with E-state index in [1.54, 1.807) is 0 Å². The zero-order valence-electron chi connectivity index (χ0n) is 21.8. The number of rotatable bonds is 10. The number of ether oxygens (including phenoxy) is 1. The van der Waals surface area contributed by atoms with Crippen LogP contribution in [0.4, 0.5) is 0 Å². The van der Waals surface area contributed by atoms with Crippen molar-refractivity contribution in [3.63, 3.8) is 0 Å². The van der Waals surface area contributed by atoms with Crippen molar-refractivity contribution in [3.05, 3.63) is 65.4 Å². The summed E-state index contributed by atoms with van der Waals surface area (Å²) in [5.74, 6) is 1.45. The van der Waals surface area contributed by atoms with E-state index in [0.717, 1.165) is 63.3 Å². The third-order valence-corrected chi connectivity index (χ3v) is 7.69. The number of fused-ring (bicyclic) bond motifs is 2. The number of para-hydroxylation sites is 1. The standard InChI is InChI=1S/C30H40N4O2/c1-33(2)14-6-13-31-30(35)25-15-22(21-36-27-12-11-23-7-5-8-24(23)16-27)18-34(19-25)20-26-17-32-29-10-4-3-9-28(26)29/h3-4,9-12,16-17,22,25,32H,5-8,13-15,18-21H2,1-2H3,(H,31,35)/t22-,25+/m0/s1. The fourth-order valence-corrected chi connectivity index (χ4v) is 5.85. The number of amides is 1. The molecule has 2 atom stereocenters. The highest BCUT2D eigenvalue weighted by molar-refractivity contribution is 5.83. The molecule has 6 nitrogen and oxygen atoms in total. The summed E-state index contributed by atoms with van der Waals surface area (Å²) in [4.78, 5) is 21.2. The summed E-state index contributed by atoms with van der Waals surface area (Å²) < 4.78 is 6.31. The smallest absolute Gasteiger partial charge is 0.224 e. The van der Waals surface area contributed by atoms with Gasteiger partial charge in [0, 0.05) is 49.2 Å². The fourth-order valence-electron chi connectivity index (χ4n) is 5.85. The summed E-state index contributed by atoms with van der Waals surface area (Å²) in [5.41, 5.74) is 5.36. The first-order chi connectivity index (χ1) is 17.5. The maximum Gasteiger partial charge on any atom is 0.224 e. The molecule has 1 aromatic heterocycles. The molecular formula is C30H40N4O2. The molecule has 1 aliphatic heterocycles. The molecule has 2 heterocycles. The van der Waals surface area contributed by atoms with Gasteiger partial charge >= 0.3 is 0 Å². The SMILES string of the molecule is CN(C)CCCNC(=O)[C@@H]1C[C@H](COc2ccc3c(c2)CCC3)CN(Cc2c[nH]c3ccccc23)C1. The van der Waals surface area contributed by atoms with Crippen LogP contribution in [0.3, 0.4) is 0 Å². The second kappa shape index (κ2) is 11.5. The van der Waals surface area contributed by atoms with Crippen LogP contribution in [-0.4, -0.2) is 67.6 Å². The first kappa shape index (κ1) is 24.8. The van der Waals surface area contributed by atoms with Crippen LogP contribution >= 0.6 is 0 Å². The van der Waals surface area contributed by atoms with E-state index in [9.17, 15) is 4.79 Å². The van der Waals surface area contributed by atoms with Gasteiger partial charge in [-0.05, 0) is 87.6 Å². The van der Waals surface area contributed by atoms with E-state index in [1.165, 1.54) is 34.9 Å². The van der Waals surface area contributed by atoms with Gasteiger partial charge in [-0.3, -0.25) is 9.69 Å². The summed E-state index contributed by atoms with van der Waals surface area (Å²) in [6.45, 7) is 4.92. The lowest BCUT2D eigenvalue weighted by atomic mass is 9.88. The Bertz CT molecular complexity index is 1170. The monoisotopic (exact) mass is 488 g/mol. The van der Waals surface area contributed by atoms with Crippen molar-refractivity contribution in [2.24, 2.45) is 11.8 Å². The molecule has 3 aromatic rings. The molecule has 5 rings (SSSR count). The molecule has 2 aromatic carbocycles. The number of piperidine rings is 1. The van der Waals surface area contributed by atoms with Crippen LogP contribution < -0.4 is 10.1 Å². The Morgan fingerprint density at radius 1 is 1.14 bits per heavy atom. The third-order valence-electron chi connectivity index (χ3n) is 7.69. The molecule has 0 radical (unpaired) electrons. The molecular weight excluding hydrogens is 448 g/mol. The highest BCUT2D eigenvalue weighted by Crippen LogP contribution is 2.29. The lowest BCUT2D eigenvalue weighted by Crippen LogP contribution is -2.47. The Balaban J connectivity index is 1.24. The van der Waals surface area contributed by atoms with E-state index in [1.807, 2.05) is 0 Å². The van der Waals surface area contributed by atoms with Crippen LogP contribution in [0, 0.1) is 11.8 Å². The van der Waals surface area contributed by atoms with Crippen LogP contribution in [0.1, 0.15) is 36.0 Å². The zero-order valence-corrected chi connectivity index (χ0v) is 21.8. The van der Waals surface area contributed by atoms with Gasteiger partial charge in [-0.2, -0.15) is 0 Å². The Labute approximate surface area is 215 Å². The largest absolute Gasteiger partial charge is 0.493 e. The number of H-pyrrole nitrogens is 1. The average Bonchev–Trinajstić information content (AvgIpc) is 3.52. The van der Waals surface area contributed by atoms with Crippen molar-refractivity contribution in [2.75, 3.05) is 46.9 Å². The topological polar surface area (TPSA) is 60.6 Å². The van der Waals surface area contributed by atoms with Gasteiger partial charge in [0.15, 0.2) is 0 Å². The van der Waals surface area contributed by atoms with Crippen LogP contribution in [0.15, 0.2) is 48.7 Å². The minimum absolute atomic E-state index is 0.0167. The maximum atomic E-state index is 13.2. The zero-order chi connectivity index (χ0) is 24.9. The number of hydrogen-bond acceptors (Lipinski definition) is 4. The van der Waals surface area contributed by atoms with Crippen LogP contribution in [-0.2, 0) is 24.2 Å². The molecule has 0 saturated carbocycles. The second-order valence-electron chi connectivity index (χ2n) is 10.9.